The van der Waals surface area contributed by atoms with Crippen molar-refractivity contribution >= 4 is 0 Å². The second kappa shape index (κ2) is 2.18. The summed E-state index contributed by atoms with van der Waals surface area (Å²) in [5.74, 6) is 0. The van der Waals surface area contributed by atoms with Gasteiger partial charge in [-0.15, -0.1) is 0 Å². The molecule has 1 rings (SSSR count). The minimum atomic E-state index is 0.297. The Balaban J connectivity index is 2.42. The average Bonchev–Trinajstić information content (AvgIpc) is 1.77. The average molecular weight is 112 g/mol. The van der Waals surface area contributed by atoms with Gasteiger partial charge in [0.15, 0.2) is 0 Å². The molecule has 2 heteroatoms. The summed E-state index contributed by atoms with van der Waals surface area (Å²) in [6.07, 6.45) is 5.16. The van der Waals surface area contributed by atoms with Gasteiger partial charge in [-0.2, -0.15) is 0 Å². The van der Waals surface area contributed by atoms with Gasteiger partial charge in [-0.05, 0) is 12.6 Å². The summed E-state index contributed by atoms with van der Waals surface area (Å²) in [5.41, 5.74) is 5.58. The van der Waals surface area contributed by atoms with E-state index < -0.39 is 0 Å². The molecular weight excluding hydrogens is 100 g/mol. The van der Waals surface area contributed by atoms with Gasteiger partial charge in [-0.1, -0.05) is 6.08 Å². The van der Waals surface area contributed by atoms with Crippen molar-refractivity contribution in [1.29, 1.82) is 0 Å². The van der Waals surface area contributed by atoms with Gasteiger partial charge in [0.1, 0.15) is 0 Å². The lowest BCUT2D eigenvalue weighted by atomic mass is 10.2. The molecule has 1 unspecified atom stereocenters. The highest BCUT2D eigenvalue weighted by molar-refractivity contribution is 4.95. The van der Waals surface area contributed by atoms with E-state index in [1.54, 1.807) is 0 Å². The number of hydrogen-bond donors (Lipinski definition) is 1. The van der Waals surface area contributed by atoms with Crippen LogP contribution in [0.2, 0.25) is 0 Å². The van der Waals surface area contributed by atoms with Gasteiger partial charge >= 0.3 is 0 Å². The highest BCUT2D eigenvalue weighted by Gasteiger charge is 2.03. The van der Waals surface area contributed by atoms with Crippen LogP contribution in [0.4, 0.5) is 0 Å². The zero-order chi connectivity index (χ0) is 5.98. The van der Waals surface area contributed by atoms with E-state index in [2.05, 4.69) is 11.9 Å². The van der Waals surface area contributed by atoms with Crippen LogP contribution in [0.15, 0.2) is 12.3 Å². The SMILES string of the molecule is CN1C=CC(N)CC1. The molecule has 2 N–H and O–H groups in total. The van der Waals surface area contributed by atoms with Crippen LogP contribution in [-0.2, 0) is 0 Å². The Bertz CT molecular complexity index is 86.7. The number of nitrogens with two attached hydrogens (primary N) is 1. The summed E-state index contributed by atoms with van der Waals surface area (Å²) in [7, 11) is 2.06. The summed E-state index contributed by atoms with van der Waals surface area (Å²) >= 11 is 0. The van der Waals surface area contributed by atoms with Crippen molar-refractivity contribution < 1.29 is 0 Å². The molecule has 0 saturated carbocycles. The first kappa shape index (κ1) is 5.63. The number of rotatable bonds is 0. The van der Waals surface area contributed by atoms with Crippen molar-refractivity contribution in [3.05, 3.63) is 12.3 Å². The van der Waals surface area contributed by atoms with Crippen LogP contribution in [0, 0.1) is 0 Å². The summed E-state index contributed by atoms with van der Waals surface area (Å²) < 4.78 is 0. The molecule has 1 heterocycles. The molecule has 0 aromatic carbocycles. The lowest BCUT2D eigenvalue weighted by molar-refractivity contribution is 0.408. The molecule has 1 aliphatic heterocycles. The molecule has 0 fully saturated rings. The Morgan fingerprint density at radius 2 is 2.50 bits per heavy atom. The van der Waals surface area contributed by atoms with E-state index >= 15 is 0 Å². The Kier molecular flexibility index (Phi) is 1.53. The van der Waals surface area contributed by atoms with E-state index in [1.807, 2.05) is 12.3 Å². The molecule has 0 bridgehead atoms. The number of hydrogen-bond acceptors (Lipinski definition) is 2. The van der Waals surface area contributed by atoms with Crippen LogP contribution in [-0.4, -0.2) is 24.5 Å². The standard InChI is InChI=1S/C6H12N2/c1-8-4-2-6(7)3-5-8/h2,4,6H,3,5,7H2,1H3. The lowest BCUT2D eigenvalue weighted by Crippen LogP contribution is -2.28. The van der Waals surface area contributed by atoms with Gasteiger partial charge in [0, 0.05) is 19.6 Å². The van der Waals surface area contributed by atoms with Crippen molar-refractivity contribution in [3.63, 3.8) is 0 Å². The van der Waals surface area contributed by atoms with E-state index in [9.17, 15) is 0 Å². The van der Waals surface area contributed by atoms with Crippen LogP contribution in [0.1, 0.15) is 6.42 Å². The normalized spacial score (nSPS) is 28.8. The quantitative estimate of drug-likeness (QED) is 0.484. The molecule has 8 heavy (non-hydrogen) atoms. The van der Waals surface area contributed by atoms with Gasteiger partial charge in [0.05, 0.1) is 0 Å². The van der Waals surface area contributed by atoms with E-state index in [0.717, 1.165) is 13.0 Å². The van der Waals surface area contributed by atoms with E-state index in [-0.39, 0.29) is 0 Å². The topological polar surface area (TPSA) is 29.3 Å². The highest BCUT2D eigenvalue weighted by Crippen LogP contribution is 2.00. The monoisotopic (exact) mass is 112 g/mol. The van der Waals surface area contributed by atoms with Crippen molar-refractivity contribution in [3.8, 4) is 0 Å². The third-order valence-electron chi connectivity index (χ3n) is 1.40. The lowest BCUT2D eigenvalue weighted by Gasteiger charge is -2.20. The van der Waals surface area contributed by atoms with Gasteiger partial charge in [0.2, 0.25) is 0 Å². The first-order valence-electron chi connectivity index (χ1n) is 2.93. The van der Waals surface area contributed by atoms with Gasteiger partial charge in [-0.25, -0.2) is 0 Å². The van der Waals surface area contributed by atoms with Crippen LogP contribution in [0.25, 0.3) is 0 Å². The first-order chi connectivity index (χ1) is 3.79. The fourth-order valence-corrected chi connectivity index (χ4v) is 0.781. The molecule has 0 spiro atoms. The molecule has 0 aromatic heterocycles. The largest absolute Gasteiger partial charge is 0.381 e. The Hall–Kier alpha value is -0.500. The third-order valence-corrected chi connectivity index (χ3v) is 1.40. The zero-order valence-electron chi connectivity index (χ0n) is 5.17. The van der Waals surface area contributed by atoms with E-state index in [0.29, 0.717) is 6.04 Å². The van der Waals surface area contributed by atoms with Crippen LogP contribution < -0.4 is 5.73 Å². The molecular formula is C6H12N2. The fourth-order valence-electron chi connectivity index (χ4n) is 0.781. The van der Waals surface area contributed by atoms with Crippen LogP contribution in [0.3, 0.4) is 0 Å². The maximum absolute atomic E-state index is 5.58. The maximum atomic E-state index is 5.58. The molecule has 1 atom stereocenters. The van der Waals surface area contributed by atoms with Crippen molar-refractivity contribution in [2.45, 2.75) is 12.5 Å². The second-order valence-corrected chi connectivity index (χ2v) is 2.27. The van der Waals surface area contributed by atoms with Gasteiger partial charge < -0.3 is 10.6 Å². The predicted molar refractivity (Wildman–Crippen MR) is 34.4 cm³/mol. The van der Waals surface area contributed by atoms with Crippen LogP contribution in [0.5, 0.6) is 0 Å². The summed E-state index contributed by atoms with van der Waals surface area (Å²) in [6, 6.07) is 0.297. The summed E-state index contributed by atoms with van der Waals surface area (Å²) in [5, 5.41) is 0. The third kappa shape index (κ3) is 1.23. The van der Waals surface area contributed by atoms with Gasteiger partial charge in [-0.3, -0.25) is 0 Å². The predicted octanol–water partition coefficient (Wildman–Crippen LogP) is 0.163. The number of nitrogens with zero attached hydrogens (tertiary/aromatic N) is 1. The summed E-state index contributed by atoms with van der Waals surface area (Å²) in [4.78, 5) is 2.14. The maximum Gasteiger partial charge on any atom is 0.0257 e. The smallest absolute Gasteiger partial charge is 0.0257 e. The molecule has 0 amide bonds. The van der Waals surface area contributed by atoms with Gasteiger partial charge in [0.25, 0.3) is 0 Å². The molecule has 46 valence electrons. The molecule has 0 aliphatic carbocycles. The molecule has 0 saturated heterocycles. The molecule has 0 radical (unpaired) electrons. The van der Waals surface area contributed by atoms with E-state index in [4.69, 9.17) is 5.73 Å². The van der Waals surface area contributed by atoms with E-state index in [1.165, 1.54) is 0 Å². The first-order valence-corrected chi connectivity index (χ1v) is 2.93. The minimum Gasteiger partial charge on any atom is -0.381 e. The van der Waals surface area contributed by atoms with Crippen LogP contribution >= 0.6 is 0 Å². The zero-order valence-corrected chi connectivity index (χ0v) is 5.17. The fraction of sp³-hybridized carbons (Fsp3) is 0.667. The van der Waals surface area contributed by atoms with Crippen molar-refractivity contribution in [2.75, 3.05) is 13.6 Å². The summed E-state index contributed by atoms with van der Waals surface area (Å²) in [6.45, 7) is 1.09. The van der Waals surface area contributed by atoms with Crippen molar-refractivity contribution in [2.24, 2.45) is 5.73 Å². The Morgan fingerprint density at radius 3 is 2.88 bits per heavy atom. The molecule has 1 aliphatic rings. The molecule has 2 nitrogen and oxygen atoms in total. The second-order valence-electron chi connectivity index (χ2n) is 2.27. The minimum absolute atomic E-state index is 0.297. The highest BCUT2D eigenvalue weighted by atomic mass is 15.1. The Morgan fingerprint density at radius 1 is 1.75 bits per heavy atom. The van der Waals surface area contributed by atoms with Crippen molar-refractivity contribution in [1.82, 2.24) is 4.90 Å². The Labute approximate surface area is 50.0 Å². The molecule has 0 aromatic rings.